The zero-order valence-corrected chi connectivity index (χ0v) is 20.5. The molecule has 0 spiro atoms. The van der Waals surface area contributed by atoms with Gasteiger partial charge in [0.05, 0.1) is 26.5 Å². The van der Waals surface area contributed by atoms with Gasteiger partial charge in [0.15, 0.2) is 5.13 Å². The Labute approximate surface area is 200 Å². The summed E-state index contributed by atoms with van der Waals surface area (Å²) in [5.74, 6) is 1.73. The first-order valence-electron chi connectivity index (χ1n) is 11.2. The Balaban J connectivity index is 1.48. The van der Waals surface area contributed by atoms with E-state index in [1.54, 1.807) is 25.6 Å². The maximum atomic E-state index is 5.43. The molecular formula is C25H33N5O2S. The van der Waals surface area contributed by atoms with Crippen molar-refractivity contribution in [1.29, 1.82) is 0 Å². The zero-order valence-electron chi connectivity index (χ0n) is 19.7. The molecule has 8 heteroatoms. The Morgan fingerprint density at radius 1 is 0.939 bits per heavy atom. The molecule has 1 aliphatic rings. The first kappa shape index (κ1) is 23.5. The number of anilines is 1. The van der Waals surface area contributed by atoms with Crippen LogP contribution in [0.3, 0.4) is 0 Å². The van der Waals surface area contributed by atoms with Crippen LogP contribution in [0.2, 0.25) is 0 Å². The maximum absolute atomic E-state index is 5.43. The van der Waals surface area contributed by atoms with Gasteiger partial charge in [0.25, 0.3) is 0 Å². The van der Waals surface area contributed by atoms with E-state index in [1.807, 2.05) is 24.3 Å². The topological polar surface area (TPSA) is 53.1 Å². The predicted octanol–water partition coefficient (Wildman–Crippen LogP) is 3.62. The highest BCUT2D eigenvalue weighted by Gasteiger charge is 2.16. The molecule has 1 aliphatic heterocycles. The van der Waals surface area contributed by atoms with Crippen LogP contribution < -0.4 is 19.8 Å². The second-order valence-electron chi connectivity index (χ2n) is 8.31. The fraction of sp³-hybridized carbons (Fsp3) is 0.400. The average molecular weight is 468 g/mol. The molecule has 0 atom stereocenters. The van der Waals surface area contributed by atoms with Gasteiger partial charge in [-0.3, -0.25) is 0 Å². The normalized spacial score (nSPS) is 14.9. The lowest BCUT2D eigenvalue weighted by Gasteiger charge is -2.32. The van der Waals surface area contributed by atoms with E-state index in [0.29, 0.717) is 0 Å². The van der Waals surface area contributed by atoms with Crippen molar-refractivity contribution in [3.05, 3.63) is 70.7 Å². The Bertz CT molecular complexity index is 970. The number of hydrogen-bond donors (Lipinski definition) is 1. The summed E-state index contributed by atoms with van der Waals surface area (Å²) in [7, 11) is 5.57. The van der Waals surface area contributed by atoms with Crippen molar-refractivity contribution in [3.63, 3.8) is 0 Å². The number of ether oxygens (including phenoxy) is 2. The van der Waals surface area contributed by atoms with Crippen LogP contribution >= 0.6 is 11.3 Å². The lowest BCUT2D eigenvalue weighted by atomic mass is 10.1. The van der Waals surface area contributed by atoms with Gasteiger partial charge in [-0.05, 0) is 42.4 Å². The van der Waals surface area contributed by atoms with E-state index < -0.39 is 0 Å². The van der Waals surface area contributed by atoms with Gasteiger partial charge in [0.2, 0.25) is 0 Å². The van der Waals surface area contributed by atoms with Crippen molar-refractivity contribution in [2.24, 2.45) is 0 Å². The molecule has 0 bridgehead atoms. The standard InChI is InChI=1S/C25H33N5O2S/c1-28-10-12-30(13-11-28)26-16-22-19-33-25(27-22)29(17-20-6-4-8-23(14-20)31-2)18-21-7-5-9-24(15-21)32-3/h4-9,14-15,19,26H,10-13,16-18H2,1-3H3. The fourth-order valence-corrected chi connectivity index (χ4v) is 4.68. The molecule has 1 fully saturated rings. The third-order valence-corrected chi connectivity index (χ3v) is 6.76. The van der Waals surface area contributed by atoms with Crippen LogP contribution in [0.1, 0.15) is 16.8 Å². The molecule has 33 heavy (non-hydrogen) atoms. The van der Waals surface area contributed by atoms with Crippen molar-refractivity contribution in [1.82, 2.24) is 20.3 Å². The van der Waals surface area contributed by atoms with E-state index >= 15 is 0 Å². The Morgan fingerprint density at radius 2 is 1.55 bits per heavy atom. The Kier molecular flexibility index (Phi) is 8.17. The second kappa shape index (κ2) is 11.5. The minimum Gasteiger partial charge on any atom is -0.497 e. The molecule has 2 aromatic carbocycles. The van der Waals surface area contributed by atoms with E-state index in [9.17, 15) is 0 Å². The zero-order chi connectivity index (χ0) is 23.0. The summed E-state index contributed by atoms with van der Waals surface area (Å²) in [4.78, 5) is 9.64. The maximum Gasteiger partial charge on any atom is 0.186 e. The highest BCUT2D eigenvalue weighted by atomic mass is 32.1. The molecule has 0 saturated carbocycles. The number of nitrogens with zero attached hydrogens (tertiary/aromatic N) is 4. The molecule has 0 unspecified atom stereocenters. The van der Waals surface area contributed by atoms with Crippen LogP contribution in [0.25, 0.3) is 0 Å². The van der Waals surface area contributed by atoms with E-state index in [-0.39, 0.29) is 0 Å². The number of likely N-dealkylation sites (N-methyl/N-ethyl adjacent to an activating group) is 1. The van der Waals surface area contributed by atoms with Gasteiger partial charge in [0.1, 0.15) is 11.5 Å². The SMILES string of the molecule is COc1cccc(CN(Cc2cccc(OC)c2)c2nc(CNN3CCN(C)CC3)cs2)c1. The highest BCUT2D eigenvalue weighted by Crippen LogP contribution is 2.26. The number of thiazole rings is 1. The molecule has 3 aromatic rings. The average Bonchev–Trinajstić information content (AvgIpc) is 3.33. The number of hydrogen-bond acceptors (Lipinski definition) is 8. The summed E-state index contributed by atoms with van der Waals surface area (Å²) >= 11 is 1.69. The van der Waals surface area contributed by atoms with E-state index in [4.69, 9.17) is 14.5 Å². The Morgan fingerprint density at radius 3 is 2.12 bits per heavy atom. The second-order valence-corrected chi connectivity index (χ2v) is 9.14. The summed E-state index contributed by atoms with van der Waals surface area (Å²) in [6, 6.07) is 16.4. The summed E-state index contributed by atoms with van der Waals surface area (Å²) in [6.45, 7) is 6.47. The number of aromatic nitrogens is 1. The fourth-order valence-electron chi connectivity index (χ4n) is 3.85. The molecule has 0 radical (unpaired) electrons. The lowest BCUT2D eigenvalue weighted by molar-refractivity contribution is 0.102. The van der Waals surface area contributed by atoms with Gasteiger partial charge in [0, 0.05) is 44.6 Å². The van der Waals surface area contributed by atoms with Gasteiger partial charge in [-0.15, -0.1) is 11.3 Å². The predicted molar refractivity (Wildman–Crippen MR) is 134 cm³/mol. The first-order valence-corrected chi connectivity index (χ1v) is 12.1. The van der Waals surface area contributed by atoms with Crippen molar-refractivity contribution in [2.45, 2.75) is 19.6 Å². The summed E-state index contributed by atoms with van der Waals surface area (Å²) in [5, 5.41) is 5.46. The Hall–Kier alpha value is -2.65. The van der Waals surface area contributed by atoms with E-state index in [0.717, 1.165) is 68.1 Å². The molecule has 176 valence electrons. The molecule has 1 aromatic heterocycles. The highest BCUT2D eigenvalue weighted by molar-refractivity contribution is 7.13. The molecule has 1 N–H and O–H groups in total. The minimum absolute atomic E-state index is 0.742. The van der Waals surface area contributed by atoms with E-state index in [1.165, 1.54) is 11.1 Å². The molecular weight excluding hydrogens is 434 g/mol. The largest absolute Gasteiger partial charge is 0.497 e. The number of piperazine rings is 1. The van der Waals surface area contributed by atoms with Gasteiger partial charge in [-0.1, -0.05) is 24.3 Å². The number of benzene rings is 2. The van der Waals surface area contributed by atoms with Gasteiger partial charge >= 0.3 is 0 Å². The van der Waals surface area contributed by atoms with Crippen molar-refractivity contribution >= 4 is 16.5 Å². The van der Waals surface area contributed by atoms with Crippen molar-refractivity contribution in [2.75, 3.05) is 52.3 Å². The van der Waals surface area contributed by atoms with E-state index in [2.05, 4.69) is 56.9 Å². The number of methoxy groups -OCH3 is 2. The third-order valence-electron chi connectivity index (χ3n) is 5.81. The first-order chi connectivity index (χ1) is 16.1. The summed E-state index contributed by atoms with van der Waals surface area (Å²) in [6.07, 6.45) is 0. The minimum atomic E-state index is 0.742. The van der Waals surface area contributed by atoms with Crippen LogP contribution in [0.5, 0.6) is 11.5 Å². The molecule has 7 nitrogen and oxygen atoms in total. The van der Waals surface area contributed by atoms with Crippen LogP contribution in [-0.2, 0) is 19.6 Å². The molecule has 0 amide bonds. The summed E-state index contributed by atoms with van der Waals surface area (Å²) in [5.41, 5.74) is 6.97. The van der Waals surface area contributed by atoms with Gasteiger partial charge in [-0.25, -0.2) is 15.4 Å². The molecule has 0 aliphatic carbocycles. The quantitative estimate of drug-likeness (QED) is 0.489. The lowest BCUT2D eigenvalue weighted by Crippen LogP contribution is -2.50. The van der Waals surface area contributed by atoms with Crippen LogP contribution in [0, 0.1) is 0 Å². The number of hydrazine groups is 1. The van der Waals surface area contributed by atoms with Gasteiger partial charge in [-0.2, -0.15) is 0 Å². The molecule has 2 heterocycles. The number of rotatable bonds is 10. The number of nitrogens with one attached hydrogen (secondary N) is 1. The third kappa shape index (κ3) is 6.68. The van der Waals surface area contributed by atoms with Gasteiger partial charge < -0.3 is 19.3 Å². The molecule has 4 rings (SSSR count). The van der Waals surface area contributed by atoms with Crippen molar-refractivity contribution < 1.29 is 9.47 Å². The monoisotopic (exact) mass is 467 g/mol. The molecule has 1 saturated heterocycles. The van der Waals surface area contributed by atoms with Crippen molar-refractivity contribution in [3.8, 4) is 11.5 Å². The smallest absolute Gasteiger partial charge is 0.186 e. The van der Waals surface area contributed by atoms with Crippen LogP contribution in [0.15, 0.2) is 53.9 Å². The van der Waals surface area contributed by atoms with Crippen LogP contribution in [-0.4, -0.2) is 62.3 Å². The van der Waals surface area contributed by atoms with Crippen LogP contribution in [0.4, 0.5) is 5.13 Å². The summed E-state index contributed by atoms with van der Waals surface area (Å²) < 4.78 is 10.9.